The van der Waals surface area contributed by atoms with Gasteiger partial charge in [0.25, 0.3) is 5.91 Å². The molecule has 4 heteroatoms. The number of hydrogen-bond acceptors (Lipinski definition) is 3. The third kappa shape index (κ3) is 4.33. The van der Waals surface area contributed by atoms with E-state index in [4.69, 9.17) is 10.5 Å². The van der Waals surface area contributed by atoms with Crippen molar-refractivity contribution < 1.29 is 9.53 Å². The minimum atomic E-state index is -0.536. The van der Waals surface area contributed by atoms with Gasteiger partial charge in [-0.2, -0.15) is 0 Å². The van der Waals surface area contributed by atoms with Crippen LogP contribution in [-0.4, -0.2) is 37.6 Å². The molecule has 0 radical (unpaired) electrons. The summed E-state index contributed by atoms with van der Waals surface area (Å²) in [5.41, 5.74) is 6.51. The van der Waals surface area contributed by atoms with Crippen LogP contribution < -0.4 is 5.73 Å². The first kappa shape index (κ1) is 15.7. The maximum atomic E-state index is 12.5. The van der Waals surface area contributed by atoms with Crippen LogP contribution in [0.3, 0.4) is 0 Å². The molecule has 1 aromatic rings. The quantitative estimate of drug-likeness (QED) is 0.817. The minimum absolute atomic E-state index is 0.00324. The molecule has 0 heterocycles. The van der Waals surface area contributed by atoms with Gasteiger partial charge in [0.15, 0.2) is 6.10 Å². The molecule has 2 N–H and O–H groups in total. The Morgan fingerprint density at radius 3 is 2.47 bits per heavy atom. The van der Waals surface area contributed by atoms with Crippen LogP contribution in [0.4, 0.5) is 0 Å². The van der Waals surface area contributed by atoms with Crippen LogP contribution in [0.1, 0.15) is 25.5 Å². The highest BCUT2D eigenvalue weighted by Gasteiger charge is 2.25. The molecule has 0 saturated heterocycles. The van der Waals surface area contributed by atoms with Crippen molar-refractivity contribution in [2.24, 2.45) is 11.7 Å². The largest absolute Gasteiger partial charge is 0.367 e. The lowest BCUT2D eigenvalue weighted by Gasteiger charge is -2.27. The van der Waals surface area contributed by atoms with Crippen LogP contribution in [0.2, 0.25) is 0 Å². The summed E-state index contributed by atoms with van der Waals surface area (Å²) in [6.45, 7) is 5.92. The zero-order valence-corrected chi connectivity index (χ0v) is 12.0. The van der Waals surface area contributed by atoms with Gasteiger partial charge in [0.1, 0.15) is 0 Å². The number of amides is 1. The topological polar surface area (TPSA) is 55.6 Å². The summed E-state index contributed by atoms with van der Waals surface area (Å²) in [5.74, 6) is 0.286. The molecule has 0 spiro atoms. The third-order valence-electron chi connectivity index (χ3n) is 3.19. The summed E-state index contributed by atoms with van der Waals surface area (Å²) in [7, 11) is 1.57. The van der Waals surface area contributed by atoms with E-state index in [2.05, 4.69) is 0 Å². The smallest absolute Gasteiger partial charge is 0.256 e. The Bertz CT molecular complexity index is 381. The first-order valence-electron chi connectivity index (χ1n) is 6.70. The average Bonchev–Trinajstić information content (AvgIpc) is 2.46. The highest BCUT2D eigenvalue weighted by Crippen LogP contribution is 2.19. The normalized spacial score (nSPS) is 13.9. The molecule has 0 fully saturated rings. The van der Waals surface area contributed by atoms with Crippen molar-refractivity contribution in [3.05, 3.63) is 35.9 Å². The van der Waals surface area contributed by atoms with Crippen molar-refractivity contribution in [2.45, 2.75) is 20.0 Å². The molecule has 0 aliphatic carbocycles. The van der Waals surface area contributed by atoms with Crippen molar-refractivity contribution in [3.63, 3.8) is 0 Å². The summed E-state index contributed by atoms with van der Waals surface area (Å²) >= 11 is 0. The van der Waals surface area contributed by atoms with E-state index in [1.807, 2.05) is 44.2 Å². The maximum Gasteiger partial charge on any atom is 0.256 e. The Morgan fingerprint density at radius 2 is 2.00 bits per heavy atom. The van der Waals surface area contributed by atoms with E-state index in [0.717, 1.165) is 5.56 Å². The summed E-state index contributed by atoms with van der Waals surface area (Å²) < 4.78 is 5.37. The number of carbonyl (C=O) groups is 1. The minimum Gasteiger partial charge on any atom is -0.367 e. The first-order chi connectivity index (χ1) is 9.13. The van der Waals surface area contributed by atoms with E-state index in [9.17, 15) is 4.79 Å². The van der Waals surface area contributed by atoms with Gasteiger partial charge in [0.05, 0.1) is 0 Å². The van der Waals surface area contributed by atoms with Crippen LogP contribution in [0, 0.1) is 5.92 Å². The van der Waals surface area contributed by atoms with Gasteiger partial charge in [-0.25, -0.2) is 0 Å². The van der Waals surface area contributed by atoms with Crippen LogP contribution >= 0.6 is 0 Å². The van der Waals surface area contributed by atoms with Gasteiger partial charge in [0.2, 0.25) is 0 Å². The number of benzene rings is 1. The van der Waals surface area contributed by atoms with E-state index >= 15 is 0 Å². The Hall–Kier alpha value is -1.39. The Labute approximate surface area is 115 Å². The second-order valence-corrected chi connectivity index (χ2v) is 4.74. The zero-order chi connectivity index (χ0) is 14.3. The van der Waals surface area contributed by atoms with Crippen LogP contribution in [0.25, 0.3) is 0 Å². The number of ether oxygens (including phenoxy) is 1. The Morgan fingerprint density at radius 1 is 1.37 bits per heavy atom. The molecule has 1 rings (SSSR count). The fourth-order valence-electron chi connectivity index (χ4n) is 2.00. The molecule has 1 amide bonds. The van der Waals surface area contributed by atoms with Crippen molar-refractivity contribution in [1.29, 1.82) is 0 Å². The van der Waals surface area contributed by atoms with E-state index in [-0.39, 0.29) is 11.8 Å². The molecule has 1 aromatic carbocycles. The van der Waals surface area contributed by atoms with Gasteiger partial charge in [-0.1, -0.05) is 37.3 Å². The van der Waals surface area contributed by atoms with E-state index in [0.29, 0.717) is 19.6 Å². The number of hydrogen-bond donors (Lipinski definition) is 1. The van der Waals surface area contributed by atoms with Crippen LogP contribution in [0.15, 0.2) is 30.3 Å². The summed E-state index contributed by atoms with van der Waals surface area (Å²) in [4.78, 5) is 14.3. The SMILES string of the molecule is CCN(CC(C)CN)C(=O)C(OC)c1ccccc1. The van der Waals surface area contributed by atoms with Crippen LogP contribution in [-0.2, 0) is 9.53 Å². The Balaban J connectivity index is 2.82. The standard InChI is InChI=1S/C15H24N2O2/c1-4-17(11-12(2)10-16)15(18)14(19-3)13-8-6-5-7-9-13/h5-9,12,14H,4,10-11,16H2,1-3H3. The van der Waals surface area contributed by atoms with Crippen molar-refractivity contribution in [1.82, 2.24) is 4.90 Å². The number of nitrogens with two attached hydrogens (primary N) is 1. The average molecular weight is 264 g/mol. The van der Waals surface area contributed by atoms with Gasteiger partial charge in [0, 0.05) is 20.2 Å². The number of carbonyl (C=O) groups excluding carboxylic acids is 1. The number of likely N-dealkylation sites (N-methyl/N-ethyl adjacent to an activating group) is 1. The third-order valence-corrected chi connectivity index (χ3v) is 3.19. The molecule has 2 unspecified atom stereocenters. The van der Waals surface area contributed by atoms with Crippen LogP contribution in [0.5, 0.6) is 0 Å². The molecule has 0 bridgehead atoms. The van der Waals surface area contributed by atoms with E-state index in [1.54, 1.807) is 12.0 Å². The molecule has 0 aliphatic rings. The summed E-state index contributed by atoms with van der Waals surface area (Å²) in [5, 5.41) is 0. The molecule has 19 heavy (non-hydrogen) atoms. The number of nitrogens with zero attached hydrogens (tertiary/aromatic N) is 1. The van der Waals surface area contributed by atoms with Gasteiger partial charge in [-0.3, -0.25) is 4.79 Å². The lowest BCUT2D eigenvalue weighted by atomic mass is 10.1. The molecule has 0 aliphatic heterocycles. The predicted octanol–water partition coefficient (Wildman–Crippen LogP) is 1.82. The maximum absolute atomic E-state index is 12.5. The lowest BCUT2D eigenvalue weighted by Crippen LogP contribution is -2.39. The van der Waals surface area contributed by atoms with E-state index in [1.165, 1.54) is 0 Å². The first-order valence-corrected chi connectivity index (χ1v) is 6.70. The van der Waals surface area contributed by atoms with Crippen molar-refractivity contribution in [3.8, 4) is 0 Å². The van der Waals surface area contributed by atoms with Gasteiger partial charge >= 0.3 is 0 Å². The molecule has 2 atom stereocenters. The fourth-order valence-corrected chi connectivity index (χ4v) is 2.00. The monoisotopic (exact) mass is 264 g/mol. The molecular weight excluding hydrogens is 240 g/mol. The van der Waals surface area contributed by atoms with Crippen molar-refractivity contribution in [2.75, 3.05) is 26.7 Å². The fraction of sp³-hybridized carbons (Fsp3) is 0.533. The second kappa shape index (κ2) is 7.92. The molecule has 4 nitrogen and oxygen atoms in total. The Kier molecular flexibility index (Phi) is 6.53. The highest BCUT2D eigenvalue weighted by atomic mass is 16.5. The van der Waals surface area contributed by atoms with Gasteiger partial charge < -0.3 is 15.4 Å². The zero-order valence-electron chi connectivity index (χ0n) is 12.0. The lowest BCUT2D eigenvalue weighted by molar-refractivity contribution is -0.142. The summed E-state index contributed by atoms with van der Waals surface area (Å²) in [6, 6.07) is 9.56. The predicted molar refractivity (Wildman–Crippen MR) is 76.7 cm³/mol. The van der Waals surface area contributed by atoms with E-state index < -0.39 is 6.10 Å². The molecular formula is C15H24N2O2. The van der Waals surface area contributed by atoms with Gasteiger partial charge in [-0.05, 0) is 24.9 Å². The number of rotatable bonds is 7. The molecule has 0 aromatic heterocycles. The number of methoxy groups -OCH3 is 1. The summed E-state index contributed by atoms with van der Waals surface area (Å²) in [6.07, 6.45) is -0.536. The molecule has 0 saturated carbocycles. The van der Waals surface area contributed by atoms with Gasteiger partial charge in [-0.15, -0.1) is 0 Å². The highest BCUT2D eigenvalue weighted by molar-refractivity contribution is 5.82. The second-order valence-electron chi connectivity index (χ2n) is 4.74. The van der Waals surface area contributed by atoms with Crippen molar-refractivity contribution >= 4 is 5.91 Å². The molecule has 106 valence electrons.